The molecule has 1 aromatic heterocycles. The van der Waals surface area contributed by atoms with E-state index in [1.807, 2.05) is 11.6 Å². The Morgan fingerprint density at radius 2 is 2.25 bits per heavy atom. The van der Waals surface area contributed by atoms with Gasteiger partial charge in [0.15, 0.2) is 0 Å². The highest BCUT2D eigenvalue weighted by atomic mass is 16.3. The third kappa shape index (κ3) is 2.59. The van der Waals surface area contributed by atoms with Crippen LogP contribution >= 0.6 is 0 Å². The van der Waals surface area contributed by atoms with E-state index in [0.29, 0.717) is 13.1 Å². The van der Waals surface area contributed by atoms with E-state index in [1.165, 1.54) is 0 Å². The molecule has 5 heteroatoms. The lowest BCUT2D eigenvalue weighted by molar-refractivity contribution is 0.0472. The second-order valence-corrected chi connectivity index (χ2v) is 4.53. The fraction of sp³-hybridized carbons (Fsp3) is 0.818. The van der Waals surface area contributed by atoms with Crippen molar-refractivity contribution in [1.29, 1.82) is 0 Å². The second-order valence-electron chi connectivity index (χ2n) is 4.53. The van der Waals surface area contributed by atoms with Crippen LogP contribution in [-0.2, 0) is 13.1 Å². The Balaban J connectivity index is 1.79. The molecule has 1 fully saturated rings. The Morgan fingerprint density at radius 1 is 1.50 bits per heavy atom. The van der Waals surface area contributed by atoms with E-state index in [-0.39, 0.29) is 0 Å². The van der Waals surface area contributed by atoms with E-state index in [4.69, 9.17) is 0 Å². The van der Waals surface area contributed by atoms with Crippen molar-refractivity contribution in [2.75, 3.05) is 6.54 Å². The zero-order valence-corrected chi connectivity index (χ0v) is 9.82. The third-order valence-corrected chi connectivity index (χ3v) is 3.27. The first-order valence-corrected chi connectivity index (χ1v) is 6.03. The normalized spacial score (nSPS) is 19.1. The number of hydrogen-bond acceptors (Lipinski definition) is 4. The maximum absolute atomic E-state index is 10.1. The largest absolute Gasteiger partial charge is 0.389 e. The number of aryl methyl sites for hydroxylation is 1. The van der Waals surface area contributed by atoms with Crippen molar-refractivity contribution >= 4 is 0 Å². The van der Waals surface area contributed by atoms with Crippen LogP contribution in [-0.4, -0.2) is 32.0 Å². The highest BCUT2D eigenvalue weighted by Gasteiger charge is 2.30. The fourth-order valence-corrected chi connectivity index (χ4v) is 2.31. The van der Waals surface area contributed by atoms with Gasteiger partial charge >= 0.3 is 0 Å². The Hall–Kier alpha value is -0.940. The van der Waals surface area contributed by atoms with Gasteiger partial charge in [-0.2, -0.15) is 5.10 Å². The average molecular weight is 224 g/mol. The predicted molar refractivity (Wildman–Crippen MR) is 60.8 cm³/mol. The van der Waals surface area contributed by atoms with E-state index < -0.39 is 5.60 Å². The monoisotopic (exact) mass is 224 g/mol. The first-order chi connectivity index (χ1) is 7.73. The molecular formula is C11H20N4O. The van der Waals surface area contributed by atoms with Crippen LogP contribution in [0.15, 0.2) is 6.33 Å². The first kappa shape index (κ1) is 11.5. The SMILES string of the molecule is CCn1ncnc1CNCC1(O)CCCC1. The number of hydrogen-bond donors (Lipinski definition) is 2. The quantitative estimate of drug-likeness (QED) is 0.772. The van der Waals surface area contributed by atoms with Crippen LogP contribution in [0.5, 0.6) is 0 Å². The van der Waals surface area contributed by atoms with Gasteiger partial charge in [-0.05, 0) is 19.8 Å². The summed E-state index contributed by atoms with van der Waals surface area (Å²) in [5.41, 5.74) is -0.489. The molecule has 1 saturated carbocycles. The Kier molecular flexibility index (Phi) is 3.56. The maximum Gasteiger partial charge on any atom is 0.140 e. The molecule has 1 aliphatic rings. The zero-order chi connectivity index (χ0) is 11.4. The summed E-state index contributed by atoms with van der Waals surface area (Å²) >= 11 is 0. The van der Waals surface area contributed by atoms with Crippen molar-refractivity contribution in [2.45, 2.75) is 51.3 Å². The van der Waals surface area contributed by atoms with Crippen molar-refractivity contribution < 1.29 is 5.11 Å². The maximum atomic E-state index is 10.1. The van der Waals surface area contributed by atoms with Gasteiger partial charge in [0.2, 0.25) is 0 Å². The number of aliphatic hydroxyl groups is 1. The van der Waals surface area contributed by atoms with Gasteiger partial charge in [0.05, 0.1) is 12.1 Å². The minimum Gasteiger partial charge on any atom is -0.389 e. The molecular weight excluding hydrogens is 204 g/mol. The molecule has 0 aliphatic heterocycles. The van der Waals surface area contributed by atoms with E-state index in [1.54, 1.807) is 6.33 Å². The Bertz CT molecular complexity index is 330. The van der Waals surface area contributed by atoms with E-state index in [9.17, 15) is 5.11 Å². The third-order valence-electron chi connectivity index (χ3n) is 3.27. The van der Waals surface area contributed by atoms with E-state index >= 15 is 0 Å². The molecule has 1 aromatic rings. The lowest BCUT2D eigenvalue weighted by Gasteiger charge is -2.22. The molecule has 1 heterocycles. The summed E-state index contributed by atoms with van der Waals surface area (Å²) in [5.74, 6) is 0.934. The molecule has 0 atom stereocenters. The molecule has 2 N–H and O–H groups in total. The number of nitrogens with one attached hydrogen (secondary N) is 1. The zero-order valence-electron chi connectivity index (χ0n) is 9.82. The van der Waals surface area contributed by atoms with Gasteiger partial charge in [-0.15, -0.1) is 0 Å². The molecule has 90 valence electrons. The van der Waals surface area contributed by atoms with Crippen LogP contribution in [0.4, 0.5) is 0 Å². The highest BCUT2D eigenvalue weighted by Crippen LogP contribution is 2.28. The van der Waals surface area contributed by atoms with Crippen LogP contribution in [0.25, 0.3) is 0 Å². The lowest BCUT2D eigenvalue weighted by Crippen LogP contribution is -2.38. The molecule has 0 spiro atoms. The molecule has 0 unspecified atom stereocenters. The van der Waals surface area contributed by atoms with Crippen molar-refractivity contribution in [3.63, 3.8) is 0 Å². The first-order valence-electron chi connectivity index (χ1n) is 6.03. The van der Waals surface area contributed by atoms with Crippen LogP contribution in [0, 0.1) is 0 Å². The summed E-state index contributed by atoms with van der Waals surface area (Å²) in [7, 11) is 0. The second kappa shape index (κ2) is 4.93. The molecule has 16 heavy (non-hydrogen) atoms. The summed E-state index contributed by atoms with van der Waals surface area (Å²) < 4.78 is 1.87. The van der Waals surface area contributed by atoms with Crippen LogP contribution in [0.2, 0.25) is 0 Å². The molecule has 0 saturated heterocycles. The minimum atomic E-state index is -0.489. The molecule has 5 nitrogen and oxygen atoms in total. The van der Waals surface area contributed by atoms with Crippen molar-refractivity contribution in [3.05, 3.63) is 12.2 Å². The van der Waals surface area contributed by atoms with Gasteiger partial charge in [0.25, 0.3) is 0 Å². The van der Waals surface area contributed by atoms with Gasteiger partial charge in [0, 0.05) is 13.1 Å². The highest BCUT2D eigenvalue weighted by molar-refractivity contribution is 4.89. The van der Waals surface area contributed by atoms with E-state index in [0.717, 1.165) is 38.1 Å². The minimum absolute atomic E-state index is 0.489. The van der Waals surface area contributed by atoms with Crippen molar-refractivity contribution in [2.24, 2.45) is 0 Å². The van der Waals surface area contributed by atoms with E-state index in [2.05, 4.69) is 15.4 Å². The van der Waals surface area contributed by atoms with Gasteiger partial charge < -0.3 is 10.4 Å². The van der Waals surface area contributed by atoms with Crippen LogP contribution in [0.1, 0.15) is 38.4 Å². The number of nitrogens with zero attached hydrogens (tertiary/aromatic N) is 3. The van der Waals surface area contributed by atoms with Crippen molar-refractivity contribution in [3.8, 4) is 0 Å². The van der Waals surface area contributed by atoms with Crippen LogP contribution < -0.4 is 5.32 Å². The summed E-state index contributed by atoms with van der Waals surface area (Å²) in [6.45, 7) is 4.21. The molecule has 1 aliphatic carbocycles. The molecule has 0 amide bonds. The van der Waals surface area contributed by atoms with Gasteiger partial charge in [-0.1, -0.05) is 12.8 Å². The summed E-state index contributed by atoms with van der Waals surface area (Å²) in [5, 5.41) is 17.5. The number of rotatable bonds is 5. The van der Waals surface area contributed by atoms with Gasteiger partial charge in [0.1, 0.15) is 12.2 Å². The van der Waals surface area contributed by atoms with Crippen LogP contribution in [0.3, 0.4) is 0 Å². The standard InChI is InChI=1S/C11H20N4O/c1-2-15-10(13-9-14-15)7-12-8-11(16)5-3-4-6-11/h9,12,16H,2-8H2,1H3. The summed E-state index contributed by atoms with van der Waals surface area (Å²) in [6, 6.07) is 0. The molecule has 2 rings (SSSR count). The Labute approximate surface area is 95.9 Å². The smallest absolute Gasteiger partial charge is 0.140 e. The number of aromatic nitrogens is 3. The lowest BCUT2D eigenvalue weighted by atomic mass is 10.0. The summed E-state index contributed by atoms with van der Waals surface area (Å²) in [4.78, 5) is 4.18. The molecule has 0 radical (unpaired) electrons. The predicted octanol–water partition coefficient (Wildman–Crippen LogP) is 0.693. The molecule has 0 aromatic carbocycles. The summed E-state index contributed by atoms with van der Waals surface area (Å²) in [6.07, 6.45) is 5.69. The fourth-order valence-electron chi connectivity index (χ4n) is 2.31. The Morgan fingerprint density at radius 3 is 2.94 bits per heavy atom. The topological polar surface area (TPSA) is 63.0 Å². The van der Waals surface area contributed by atoms with Gasteiger partial charge in [-0.3, -0.25) is 0 Å². The van der Waals surface area contributed by atoms with Crippen molar-refractivity contribution in [1.82, 2.24) is 20.1 Å². The molecule has 0 bridgehead atoms. The van der Waals surface area contributed by atoms with Gasteiger partial charge in [-0.25, -0.2) is 9.67 Å². The average Bonchev–Trinajstić information content (AvgIpc) is 2.88.